The zero-order valence-electron chi connectivity index (χ0n) is 13.6. The Kier molecular flexibility index (Phi) is 5.08. The summed E-state index contributed by atoms with van der Waals surface area (Å²) in [7, 11) is 1.65. The summed E-state index contributed by atoms with van der Waals surface area (Å²) in [5.41, 5.74) is 1.78. The molecular formula is C18H24N3O2+. The Morgan fingerprint density at radius 2 is 1.83 bits per heavy atom. The van der Waals surface area contributed by atoms with Crippen LogP contribution in [0.25, 0.3) is 11.3 Å². The van der Waals surface area contributed by atoms with Crippen molar-refractivity contribution < 1.29 is 9.64 Å². The molecule has 5 nitrogen and oxygen atoms in total. The molecule has 0 saturated carbocycles. The summed E-state index contributed by atoms with van der Waals surface area (Å²) in [6.07, 6.45) is 3.93. The third-order valence-corrected chi connectivity index (χ3v) is 4.49. The van der Waals surface area contributed by atoms with Gasteiger partial charge < -0.3 is 9.64 Å². The van der Waals surface area contributed by atoms with Crippen LogP contribution in [0.4, 0.5) is 0 Å². The van der Waals surface area contributed by atoms with Crippen molar-refractivity contribution in [1.82, 2.24) is 9.78 Å². The van der Waals surface area contributed by atoms with Crippen LogP contribution >= 0.6 is 0 Å². The lowest BCUT2D eigenvalue weighted by Crippen LogP contribution is -3.13. The van der Waals surface area contributed by atoms with Gasteiger partial charge in [-0.05, 0) is 49.6 Å². The molecule has 1 N–H and O–H groups in total. The van der Waals surface area contributed by atoms with Crippen LogP contribution in [-0.2, 0) is 6.54 Å². The monoisotopic (exact) mass is 314 g/mol. The molecule has 0 unspecified atom stereocenters. The predicted molar refractivity (Wildman–Crippen MR) is 89.9 cm³/mol. The van der Waals surface area contributed by atoms with Gasteiger partial charge in [0.1, 0.15) is 5.75 Å². The van der Waals surface area contributed by atoms with E-state index in [1.807, 2.05) is 24.3 Å². The van der Waals surface area contributed by atoms with Crippen molar-refractivity contribution in [2.75, 3.05) is 26.7 Å². The number of quaternary nitrogens is 1. The van der Waals surface area contributed by atoms with Gasteiger partial charge in [-0.3, -0.25) is 4.79 Å². The highest BCUT2D eigenvalue weighted by atomic mass is 16.5. The van der Waals surface area contributed by atoms with Gasteiger partial charge >= 0.3 is 0 Å². The first-order valence-electron chi connectivity index (χ1n) is 8.32. The number of benzene rings is 1. The lowest BCUT2D eigenvalue weighted by molar-refractivity contribution is -0.905. The smallest absolute Gasteiger partial charge is 0.266 e. The summed E-state index contributed by atoms with van der Waals surface area (Å²) in [6, 6.07) is 11.1. The Balaban J connectivity index is 1.73. The van der Waals surface area contributed by atoms with E-state index in [1.165, 1.54) is 32.4 Å². The lowest BCUT2D eigenvalue weighted by atomic mass is 10.1. The molecule has 0 aliphatic carbocycles. The van der Waals surface area contributed by atoms with E-state index < -0.39 is 0 Å². The maximum atomic E-state index is 12.0. The van der Waals surface area contributed by atoms with Crippen LogP contribution < -0.4 is 15.2 Å². The van der Waals surface area contributed by atoms with Crippen LogP contribution in [0.15, 0.2) is 41.2 Å². The lowest BCUT2D eigenvalue weighted by Gasteiger charge is -2.23. The van der Waals surface area contributed by atoms with Crippen LogP contribution in [0.1, 0.15) is 19.3 Å². The van der Waals surface area contributed by atoms with Gasteiger partial charge in [0.15, 0.2) is 0 Å². The minimum Gasteiger partial charge on any atom is -0.497 e. The fourth-order valence-corrected chi connectivity index (χ4v) is 3.09. The van der Waals surface area contributed by atoms with Crippen molar-refractivity contribution in [1.29, 1.82) is 0 Å². The molecule has 1 aromatic heterocycles. The summed E-state index contributed by atoms with van der Waals surface area (Å²) < 4.78 is 6.77. The molecule has 2 heterocycles. The number of nitrogens with one attached hydrogen (secondary N) is 1. The quantitative estimate of drug-likeness (QED) is 0.895. The van der Waals surface area contributed by atoms with Crippen molar-refractivity contribution in [3.8, 4) is 17.0 Å². The summed E-state index contributed by atoms with van der Waals surface area (Å²) in [6.45, 7) is 4.08. The van der Waals surface area contributed by atoms with E-state index in [0.29, 0.717) is 6.54 Å². The molecule has 1 aliphatic heterocycles. The molecule has 0 bridgehead atoms. The molecule has 0 amide bonds. The number of nitrogens with zero attached hydrogens (tertiary/aromatic N) is 2. The molecule has 1 fully saturated rings. The summed E-state index contributed by atoms with van der Waals surface area (Å²) >= 11 is 0. The molecule has 0 atom stereocenters. The van der Waals surface area contributed by atoms with Gasteiger partial charge in [0.25, 0.3) is 5.56 Å². The van der Waals surface area contributed by atoms with Crippen molar-refractivity contribution in [3.05, 3.63) is 46.8 Å². The van der Waals surface area contributed by atoms with Crippen molar-refractivity contribution in [2.45, 2.75) is 25.8 Å². The van der Waals surface area contributed by atoms with Gasteiger partial charge in [0.05, 0.1) is 39.0 Å². The standard InChI is InChI=1S/C18H23N3O2/c1-23-16-7-5-15(6-8-16)17-9-10-18(22)21(19-17)14-13-20-11-3-2-4-12-20/h5-10H,2-4,11-14H2,1H3/p+1. The fourth-order valence-electron chi connectivity index (χ4n) is 3.09. The van der Waals surface area contributed by atoms with E-state index in [2.05, 4.69) is 5.10 Å². The number of hydrogen-bond donors (Lipinski definition) is 1. The first-order chi connectivity index (χ1) is 11.3. The molecule has 3 rings (SSSR count). The van der Waals surface area contributed by atoms with Crippen LogP contribution in [0.3, 0.4) is 0 Å². The summed E-state index contributed by atoms with van der Waals surface area (Å²) in [5.74, 6) is 0.816. The average Bonchev–Trinajstić information content (AvgIpc) is 2.62. The second-order valence-electron chi connectivity index (χ2n) is 6.07. The maximum absolute atomic E-state index is 12.0. The molecular weight excluding hydrogens is 290 g/mol. The number of ether oxygens (including phenoxy) is 1. The predicted octanol–water partition coefficient (Wildman–Crippen LogP) is 0.988. The van der Waals surface area contributed by atoms with Crippen molar-refractivity contribution in [2.24, 2.45) is 0 Å². The Labute approximate surface area is 136 Å². The minimum absolute atomic E-state index is 0.0290. The first kappa shape index (κ1) is 15.7. The van der Waals surface area contributed by atoms with Crippen molar-refractivity contribution >= 4 is 0 Å². The number of hydrogen-bond acceptors (Lipinski definition) is 3. The van der Waals surface area contributed by atoms with E-state index in [0.717, 1.165) is 23.6 Å². The Hall–Kier alpha value is -2.14. The summed E-state index contributed by atoms with van der Waals surface area (Å²) in [5, 5.41) is 4.53. The van der Waals surface area contributed by atoms with E-state index in [1.54, 1.807) is 28.8 Å². The number of likely N-dealkylation sites (tertiary alicyclic amines) is 1. The van der Waals surface area contributed by atoms with Gasteiger partial charge in [-0.2, -0.15) is 5.10 Å². The SMILES string of the molecule is COc1ccc(-c2ccc(=O)n(CC[NH+]3CCCCC3)n2)cc1. The highest BCUT2D eigenvalue weighted by Gasteiger charge is 2.14. The van der Waals surface area contributed by atoms with Crippen LogP contribution in [0.5, 0.6) is 5.75 Å². The second kappa shape index (κ2) is 7.42. The van der Waals surface area contributed by atoms with Gasteiger partial charge in [-0.15, -0.1) is 0 Å². The zero-order chi connectivity index (χ0) is 16.1. The van der Waals surface area contributed by atoms with E-state index in [-0.39, 0.29) is 5.56 Å². The molecule has 0 spiro atoms. The third-order valence-electron chi connectivity index (χ3n) is 4.49. The molecule has 1 aliphatic rings. The number of piperidine rings is 1. The molecule has 1 aromatic carbocycles. The molecule has 5 heteroatoms. The minimum atomic E-state index is -0.0290. The number of aromatic nitrogens is 2. The Morgan fingerprint density at radius 3 is 2.52 bits per heavy atom. The molecule has 1 saturated heterocycles. The first-order valence-corrected chi connectivity index (χ1v) is 8.32. The van der Waals surface area contributed by atoms with Crippen molar-refractivity contribution in [3.63, 3.8) is 0 Å². The van der Waals surface area contributed by atoms with Gasteiger partial charge in [-0.1, -0.05) is 0 Å². The second-order valence-corrected chi connectivity index (χ2v) is 6.07. The normalized spacial score (nSPS) is 15.5. The number of rotatable bonds is 5. The topological polar surface area (TPSA) is 48.6 Å². The summed E-state index contributed by atoms with van der Waals surface area (Å²) in [4.78, 5) is 13.6. The third kappa shape index (κ3) is 3.99. The maximum Gasteiger partial charge on any atom is 0.266 e. The van der Waals surface area contributed by atoms with Crippen LogP contribution in [-0.4, -0.2) is 36.5 Å². The fraction of sp³-hybridized carbons (Fsp3) is 0.444. The number of methoxy groups -OCH3 is 1. The Bertz CT molecular complexity index is 688. The zero-order valence-corrected chi connectivity index (χ0v) is 13.6. The van der Waals surface area contributed by atoms with E-state index in [4.69, 9.17) is 4.74 Å². The molecule has 23 heavy (non-hydrogen) atoms. The molecule has 2 aromatic rings. The van der Waals surface area contributed by atoms with Crippen LogP contribution in [0.2, 0.25) is 0 Å². The highest BCUT2D eigenvalue weighted by Crippen LogP contribution is 2.19. The van der Waals surface area contributed by atoms with E-state index in [9.17, 15) is 4.79 Å². The van der Waals surface area contributed by atoms with Gasteiger partial charge in [-0.25, -0.2) is 4.68 Å². The largest absolute Gasteiger partial charge is 0.497 e. The van der Waals surface area contributed by atoms with Crippen LogP contribution in [0, 0.1) is 0 Å². The average molecular weight is 314 g/mol. The van der Waals surface area contributed by atoms with Gasteiger partial charge in [0, 0.05) is 11.6 Å². The molecule has 122 valence electrons. The van der Waals surface area contributed by atoms with Gasteiger partial charge in [0.2, 0.25) is 0 Å². The Morgan fingerprint density at radius 1 is 1.09 bits per heavy atom. The van der Waals surface area contributed by atoms with E-state index >= 15 is 0 Å². The highest BCUT2D eigenvalue weighted by molar-refractivity contribution is 5.59. The molecule has 0 radical (unpaired) electrons.